The lowest BCUT2D eigenvalue weighted by atomic mass is 9.97. The van der Waals surface area contributed by atoms with Crippen molar-refractivity contribution in [1.82, 2.24) is 14.5 Å². The van der Waals surface area contributed by atoms with E-state index in [-0.39, 0.29) is 5.82 Å². The topological polar surface area (TPSA) is 112 Å². The van der Waals surface area contributed by atoms with Gasteiger partial charge in [-0.05, 0) is 50.0 Å². The molecule has 3 rings (SSSR count). The Morgan fingerprint density at radius 2 is 1.67 bits per heavy atom. The van der Waals surface area contributed by atoms with E-state index in [9.17, 15) is 9.59 Å². The fourth-order valence-electron chi connectivity index (χ4n) is 4.13. The molecule has 1 aliphatic rings. The van der Waals surface area contributed by atoms with Crippen molar-refractivity contribution in [2.24, 2.45) is 0 Å². The highest BCUT2D eigenvalue weighted by Gasteiger charge is 2.32. The number of ether oxygens (including phenoxy) is 3. The Labute approximate surface area is 175 Å². The van der Waals surface area contributed by atoms with Crippen LogP contribution < -0.4 is 31.2 Å². The molecule has 1 fully saturated rings. The van der Waals surface area contributed by atoms with Crippen molar-refractivity contribution in [3.63, 3.8) is 0 Å². The van der Waals surface area contributed by atoms with Gasteiger partial charge in [0, 0.05) is 6.54 Å². The number of nitrogens with zero attached hydrogens (tertiary/aromatic N) is 2. The number of hydrogen-bond acceptors (Lipinski definition) is 7. The molecule has 2 aromatic rings. The number of likely N-dealkylation sites (tertiary alicyclic amines) is 1. The Balaban J connectivity index is 2.28. The van der Waals surface area contributed by atoms with Crippen LogP contribution in [0.25, 0.3) is 0 Å². The molecule has 1 aromatic heterocycles. The molecule has 0 amide bonds. The molecule has 0 bridgehead atoms. The lowest BCUT2D eigenvalue weighted by molar-refractivity contribution is 0.275. The predicted molar refractivity (Wildman–Crippen MR) is 115 cm³/mol. The van der Waals surface area contributed by atoms with Crippen LogP contribution in [0.1, 0.15) is 43.4 Å². The number of rotatable bonds is 8. The van der Waals surface area contributed by atoms with E-state index in [0.717, 1.165) is 31.5 Å². The third kappa shape index (κ3) is 3.89. The van der Waals surface area contributed by atoms with Crippen molar-refractivity contribution in [2.75, 3.05) is 40.2 Å². The van der Waals surface area contributed by atoms with Gasteiger partial charge in [0.1, 0.15) is 5.82 Å². The zero-order valence-corrected chi connectivity index (χ0v) is 18.0. The average molecular weight is 418 g/mol. The summed E-state index contributed by atoms with van der Waals surface area (Å²) in [6.07, 6.45) is 2.76. The lowest BCUT2D eigenvalue weighted by Gasteiger charge is -2.30. The second kappa shape index (κ2) is 9.25. The highest BCUT2D eigenvalue weighted by Crippen LogP contribution is 2.42. The maximum absolute atomic E-state index is 13.0. The first-order valence-electron chi connectivity index (χ1n) is 10.1. The van der Waals surface area contributed by atoms with E-state index in [0.29, 0.717) is 35.8 Å². The molecule has 1 aromatic carbocycles. The Hall–Kier alpha value is -2.94. The van der Waals surface area contributed by atoms with Crippen LogP contribution in [-0.4, -0.2) is 48.9 Å². The van der Waals surface area contributed by atoms with E-state index in [1.165, 1.54) is 4.57 Å². The average Bonchev–Trinajstić information content (AvgIpc) is 3.27. The quantitative estimate of drug-likeness (QED) is 0.671. The van der Waals surface area contributed by atoms with Crippen molar-refractivity contribution in [3.8, 4) is 17.2 Å². The third-order valence-corrected chi connectivity index (χ3v) is 5.51. The monoisotopic (exact) mass is 418 g/mol. The molecule has 0 unspecified atom stereocenters. The molecule has 2 heterocycles. The van der Waals surface area contributed by atoms with E-state index < -0.39 is 17.3 Å². The number of nitrogens with one attached hydrogen (secondary N) is 1. The van der Waals surface area contributed by atoms with Gasteiger partial charge in [-0.25, -0.2) is 4.79 Å². The van der Waals surface area contributed by atoms with Crippen LogP contribution in [0.5, 0.6) is 17.2 Å². The van der Waals surface area contributed by atoms with E-state index in [1.807, 2.05) is 19.1 Å². The highest BCUT2D eigenvalue weighted by atomic mass is 16.5. The van der Waals surface area contributed by atoms with Gasteiger partial charge in [-0.1, -0.05) is 6.92 Å². The van der Waals surface area contributed by atoms with E-state index >= 15 is 0 Å². The molecule has 1 aliphatic heterocycles. The van der Waals surface area contributed by atoms with E-state index in [2.05, 4.69) is 9.88 Å². The number of methoxy groups -OCH3 is 3. The number of nitrogens with two attached hydrogens (primary N) is 1. The molecular formula is C21H30N4O5. The van der Waals surface area contributed by atoms with Gasteiger partial charge in [-0.15, -0.1) is 0 Å². The van der Waals surface area contributed by atoms with Crippen molar-refractivity contribution in [1.29, 1.82) is 0 Å². The van der Waals surface area contributed by atoms with Crippen LogP contribution in [0, 0.1) is 0 Å². The van der Waals surface area contributed by atoms with Crippen molar-refractivity contribution < 1.29 is 14.2 Å². The van der Waals surface area contributed by atoms with Crippen molar-refractivity contribution in [3.05, 3.63) is 44.1 Å². The molecule has 164 valence electrons. The van der Waals surface area contributed by atoms with Crippen LogP contribution in [0.15, 0.2) is 21.7 Å². The summed E-state index contributed by atoms with van der Waals surface area (Å²) in [5, 5.41) is 0. The summed E-state index contributed by atoms with van der Waals surface area (Å²) in [5.41, 5.74) is 6.58. The van der Waals surface area contributed by atoms with Crippen LogP contribution in [0.3, 0.4) is 0 Å². The Morgan fingerprint density at radius 3 is 2.17 bits per heavy atom. The summed E-state index contributed by atoms with van der Waals surface area (Å²) >= 11 is 0. The van der Waals surface area contributed by atoms with Gasteiger partial charge >= 0.3 is 5.69 Å². The molecule has 9 heteroatoms. The first kappa shape index (κ1) is 21.8. The van der Waals surface area contributed by atoms with Gasteiger partial charge < -0.3 is 19.9 Å². The number of H-pyrrole nitrogens is 1. The van der Waals surface area contributed by atoms with Gasteiger partial charge in [-0.3, -0.25) is 19.2 Å². The van der Waals surface area contributed by atoms with E-state index in [4.69, 9.17) is 19.9 Å². The van der Waals surface area contributed by atoms with Gasteiger partial charge in [0.05, 0.1) is 32.9 Å². The largest absolute Gasteiger partial charge is 0.493 e. The number of benzene rings is 1. The summed E-state index contributed by atoms with van der Waals surface area (Å²) in [7, 11) is 4.64. The molecule has 0 spiro atoms. The minimum absolute atomic E-state index is 0.191. The molecule has 0 radical (unpaired) electrons. The SMILES string of the molecule is CCCn1c(N)c([C@H](c2cc(OC)c(OC)c(OC)c2)N2CCCC2)c(=O)[nH]c1=O. The first-order chi connectivity index (χ1) is 14.5. The second-order valence-corrected chi connectivity index (χ2v) is 7.31. The van der Waals surface area contributed by atoms with Crippen LogP contribution >= 0.6 is 0 Å². The van der Waals surface area contributed by atoms with Crippen molar-refractivity contribution in [2.45, 2.75) is 38.8 Å². The predicted octanol–water partition coefficient (Wildman–Crippen LogP) is 1.74. The minimum atomic E-state index is -0.492. The maximum atomic E-state index is 13.0. The Morgan fingerprint density at radius 1 is 1.07 bits per heavy atom. The number of aromatic nitrogens is 2. The fourth-order valence-corrected chi connectivity index (χ4v) is 4.13. The molecule has 3 N–H and O–H groups in total. The Bertz CT molecular complexity index is 982. The number of anilines is 1. The summed E-state index contributed by atoms with van der Waals surface area (Å²) < 4.78 is 17.9. The summed E-state index contributed by atoms with van der Waals surface area (Å²) in [6.45, 7) is 4.00. The number of hydrogen-bond donors (Lipinski definition) is 2. The normalized spacial score (nSPS) is 15.2. The fraction of sp³-hybridized carbons (Fsp3) is 0.524. The van der Waals surface area contributed by atoms with Gasteiger partial charge in [0.15, 0.2) is 11.5 Å². The molecule has 9 nitrogen and oxygen atoms in total. The molecule has 0 saturated carbocycles. The molecule has 1 atom stereocenters. The molecule has 30 heavy (non-hydrogen) atoms. The number of aromatic amines is 1. The van der Waals surface area contributed by atoms with Crippen LogP contribution in [0.2, 0.25) is 0 Å². The highest BCUT2D eigenvalue weighted by molar-refractivity contribution is 5.57. The third-order valence-electron chi connectivity index (χ3n) is 5.51. The van der Waals surface area contributed by atoms with E-state index in [1.54, 1.807) is 21.3 Å². The minimum Gasteiger partial charge on any atom is -0.493 e. The van der Waals surface area contributed by atoms with Crippen molar-refractivity contribution >= 4 is 5.82 Å². The van der Waals surface area contributed by atoms with Gasteiger partial charge in [-0.2, -0.15) is 0 Å². The summed E-state index contributed by atoms with van der Waals surface area (Å²) in [6, 6.07) is 3.21. The maximum Gasteiger partial charge on any atom is 0.329 e. The zero-order valence-electron chi connectivity index (χ0n) is 18.0. The molecule has 0 aliphatic carbocycles. The lowest BCUT2D eigenvalue weighted by Crippen LogP contribution is -2.39. The van der Waals surface area contributed by atoms with Crippen LogP contribution in [0.4, 0.5) is 5.82 Å². The zero-order chi connectivity index (χ0) is 21.8. The van der Waals surface area contributed by atoms with Gasteiger partial charge in [0.2, 0.25) is 5.75 Å². The number of nitrogen functional groups attached to an aromatic ring is 1. The first-order valence-corrected chi connectivity index (χ1v) is 10.1. The van der Waals surface area contributed by atoms with Crippen LogP contribution in [-0.2, 0) is 6.54 Å². The summed E-state index contributed by atoms with van der Waals surface area (Å²) in [4.78, 5) is 29.9. The Kier molecular flexibility index (Phi) is 6.71. The van der Waals surface area contributed by atoms with Gasteiger partial charge in [0.25, 0.3) is 5.56 Å². The smallest absolute Gasteiger partial charge is 0.329 e. The summed E-state index contributed by atoms with van der Waals surface area (Å²) in [5.74, 6) is 1.65. The standard InChI is InChI=1S/C21H30N4O5/c1-5-8-25-19(22)16(20(26)23-21(25)27)17(24-9-6-7-10-24)13-11-14(28-2)18(30-4)15(12-13)29-3/h11-12,17H,5-10,22H2,1-4H3,(H,23,26,27)/t17-/m0/s1. The molecular weight excluding hydrogens is 388 g/mol. The second-order valence-electron chi connectivity index (χ2n) is 7.31. The molecule has 1 saturated heterocycles.